The van der Waals surface area contributed by atoms with E-state index in [4.69, 9.17) is 9.69 Å². The second-order valence-electron chi connectivity index (χ2n) is 7.79. The lowest BCUT2D eigenvalue weighted by atomic mass is 9.86. The van der Waals surface area contributed by atoms with Crippen molar-refractivity contribution in [2.24, 2.45) is 0 Å². The van der Waals surface area contributed by atoms with Gasteiger partial charge in [0.1, 0.15) is 0 Å². The molecule has 1 rings (SSSR count). The predicted molar refractivity (Wildman–Crippen MR) is 91.9 cm³/mol. The highest BCUT2D eigenvalue weighted by molar-refractivity contribution is 6.74. The highest BCUT2D eigenvalue weighted by atomic mass is 28.4. The maximum Gasteiger partial charge on any atom is 0.191 e. The largest absolute Gasteiger partial charge is 0.416 e. The molecule has 0 spiro atoms. The topological polar surface area (TPSA) is 33.0 Å². The average Bonchev–Trinajstić information content (AvgIpc) is 2.38. The molecule has 116 valence electrons. The zero-order chi connectivity index (χ0) is 16.3. The van der Waals surface area contributed by atoms with E-state index >= 15 is 0 Å². The van der Waals surface area contributed by atoms with Crippen LogP contribution in [0.2, 0.25) is 18.1 Å². The first-order chi connectivity index (χ1) is 9.49. The second-order valence-corrected chi connectivity index (χ2v) is 12.6. The van der Waals surface area contributed by atoms with E-state index in [0.717, 1.165) is 18.6 Å². The van der Waals surface area contributed by atoms with Crippen molar-refractivity contribution in [2.45, 2.75) is 64.6 Å². The molecule has 1 aromatic rings. The Balaban J connectivity index is 2.61. The van der Waals surface area contributed by atoms with Gasteiger partial charge in [0, 0.05) is 6.61 Å². The van der Waals surface area contributed by atoms with Gasteiger partial charge in [0.25, 0.3) is 0 Å². The van der Waals surface area contributed by atoms with Crippen LogP contribution in [0.25, 0.3) is 0 Å². The fourth-order valence-electron chi connectivity index (χ4n) is 1.79. The molecule has 0 aliphatic heterocycles. The molecule has 2 nitrogen and oxygen atoms in total. The minimum Gasteiger partial charge on any atom is -0.416 e. The minimum absolute atomic E-state index is 0.258. The summed E-state index contributed by atoms with van der Waals surface area (Å²) in [6.45, 7) is 16.0. The maximum absolute atomic E-state index is 9.16. The number of benzene rings is 1. The Bertz CT molecular complexity index is 504. The SMILES string of the molecule is CC(C)(C#N)c1ccc(CCO[Si](C)(C)C(C)(C)C)cc1. The predicted octanol–water partition coefficient (Wildman–Crippen LogP) is 5.05. The zero-order valence-electron chi connectivity index (χ0n) is 14.6. The third-order valence-electron chi connectivity index (χ3n) is 4.61. The van der Waals surface area contributed by atoms with Crippen LogP contribution in [0.4, 0.5) is 0 Å². The Kier molecular flexibility index (Phi) is 5.41. The fourth-order valence-corrected chi connectivity index (χ4v) is 2.84. The number of hydrogen-bond acceptors (Lipinski definition) is 2. The molecular formula is C18H29NOSi. The summed E-state index contributed by atoms with van der Waals surface area (Å²) in [6, 6.07) is 10.7. The first kappa shape index (κ1) is 17.9. The van der Waals surface area contributed by atoms with E-state index in [0.29, 0.717) is 0 Å². The summed E-state index contributed by atoms with van der Waals surface area (Å²) in [4.78, 5) is 0. The number of nitriles is 1. The van der Waals surface area contributed by atoms with Gasteiger partial charge in [-0.3, -0.25) is 0 Å². The average molecular weight is 304 g/mol. The van der Waals surface area contributed by atoms with Crippen LogP contribution in [0.3, 0.4) is 0 Å². The van der Waals surface area contributed by atoms with Gasteiger partial charge in [-0.05, 0) is 49.5 Å². The molecule has 0 aliphatic carbocycles. The minimum atomic E-state index is -1.65. The van der Waals surface area contributed by atoms with Gasteiger partial charge in [0.15, 0.2) is 8.32 Å². The van der Waals surface area contributed by atoms with Crippen molar-refractivity contribution in [2.75, 3.05) is 6.61 Å². The van der Waals surface area contributed by atoms with E-state index in [1.165, 1.54) is 5.56 Å². The normalized spacial score (nSPS) is 13.0. The van der Waals surface area contributed by atoms with Gasteiger partial charge in [-0.15, -0.1) is 0 Å². The van der Waals surface area contributed by atoms with E-state index in [2.05, 4.69) is 64.2 Å². The Morgan fingerprint density at radius 1 is 1.05 bits per heavy atom. The molecule has 0 atom stereocenters. The van der Waals surface area contributed by atoms with Crippen molar-refractivity contribution in [1.29, 1.82) is 5.26 Å². The van der Waals surface area contributed by atoms with Crippen LogP contribution in [0.15, 0.2) is 24.3 Å². The molecule has 0 bridgehead atoms. The molecule has 0 radical (unpaired) electrons. The van der Waals surface area contributed by atoms with Gasteiger partial charge in [-0.25, -0.2) is 0 Å². The lowest BCUT2D eigenvalue weighted by Crippen LogP contribution is -2.41. The first-order valence-corrected chi connectivity index (χ1v) is 10.5. The highest BCUT2D eigenvalue weighted by Crippen LogP contribution is 2.36. The van der Waals surface area contributed by atoms with E-state index < -0.39 is 13.7 Å². The Hall–Kier alpha value is -1.11. The third kappa shape index (κ3) is 4.69. The van der Waals surface area contributed by atoms with Crippen molar-refractivity contribution in [3.8, 4) is 6.07 Å². The van der Waals surface area contributed by atoms with Crippen LogP contribution in [0.1, 0.15) is 45.7 Å². The monoisotopic (exact) mass is 303 g/mol. The van der Waals surface area contributed by atoms with Gasteiger partial charge in [-0.2, -0.15) is 5.26 Å². The maximum atomic E-state index is 9.16. The molecule has 3 heteroatoms. The summed E-state index contributed by atoms with van der Waals surface area (Å²) in [6.07, 6.45) is 0.930. The van der Waals surface area contributed by atoms with E-state index in [-0.39, 0.29) is 5.04 Å². The highest BCUT2D eigenvalue weighted by Gasteiger charge is 2.36. The molecule has 0 saturated heterocycles. The van der Waals surface area contributed by atoms with Crippen LogP contribution in [0, 0.1) is 11.3 Å². The Labute approximate surface area is 131 Å². The van der Waals surface area contributed by atoms with Crippen LogP contribution < -0.4 is 0 Å². The molecule has 0 aromatic heterocycles. The van der Waals surface area contributed by atoms with Gasteiger partial charge in [0.2, 0.25) is 0 Å². The quantitative estimate of drug-likeness (QED) is 0.713. The molecule has 0 unspecified atom stereocenters. The molecule has 0 heterocycles. The van der Waals surface area contributed by atoms with Gasteiger partial charge in [-0.1, -0.05) is 45.0 Å². The van der Waals surface area contributed by atoms with Crippen LogP contribution in [0.5, 0.6) is 0 Å². The van der Waals surface area contributed by atoms with Crippen molar-refractivity contribution in [3.63, 3.8) is 0 Å². The van der Waals surface area contributed by atoms with Crippen LogP contribution in [-0.2, 0) is 16.3 Å². The van der Waals surface area contributed by atoms with Gasteiger partial charge in [0.05, 0.1) is 11.5 Å². The summed E-state index contributed by atoms with van der Waals surface area (Å²) in [5, 5.41) is 9.42. The molecule has 1 aromatic carbocycles. The van der Waals surface area contributed by atoms with Crippen LogP contribution >= 0.6 is 0 Å². The summed E-state index contributed by atoms with van der Waals surface area (Å²) in [5.41, 5.74) is 1.92. The van der Waals surface area contributed by atoms with Crippen molar-refractivity contribution in [3.05, 3.63) is 35.4 Å². The van der Waals surface area contributed by atoms with Gasteiger partial charge >= 0.3 is 0 Å². The summed E-state index contributed by atoms with van der Waals surface area (Å²) in [5.74, 6) is 0. The van der Waals surface area contributed by atoms with E-state index in [9.17, 15) is 0 Å². The lowest BCUT2D eigenvalue weighted by molar-refractivity contribution is 0.292. The molecule has 0 aliphatic rings. The van der Waals surface area contributed by atoms with Gasteiger partial charge < -0.3 is 4.43 Å². The summed E-state index contributed by atoms with van der Waals surface area (Å²) >= 11 is 0. The summed E-state index contributed by atoms with van der Waals surface area (Å²) in [7, 11) is -1.65. The molecule has 0 amide bonds. The standard InChI is InChI=1S/C18H29NOSi/c1-17(2,3)21(6,7)20-13-12-15-8-10-16(11-9-15)18(4,5)14-19/h8-11H,12-13H2,1-7H3. The molecular weight excluding hydrogens is 274 g/mol. The fraction of sp³-hybridized carbons (Fsp3) is 0.611. The van der Waals surface area contributed by atoms with Crippen LogP contribution in [-0.4, -0.2) is 14.9 Å². The Morgan fingerprint density at radius 2 is 1.57 bits per heavy atom. The lowest BCUT2D eigenvalue weighted by Gasteiger charge is -2.36. The van der Waals surface area contributed by atoms with Crippen molar-refractivity contribution < 1.29 is 4.43 Å². The molecule has 0 saturated carbocycles. The number of nitrogens with zero attached hydrogens (tertiary/aromatic N) is 1. The first-order valence-electron chi connectivity index (χ1n) is 7.64. The van der Waals surface area contributed by atoms with Crippen molar-refractivity contribution >= 4 is 8.32 Å². The summed E-state index contributed by atoms with van der Waals surface area (Å²) < 4.78 is 6.20. The van der Waals surface area contributed by atoms with E-state index in [1.807, 2.05) is 13.8 Å². The third-order valence-corrected chi connectivity index (χ3v) is 9.15. The Morgan fingerprint density at radius 3 is 2.00 bits per heavy atom. The van der Waals surface area contributed by atoms with Crippen molar-refractivity contribution in [1.82, 2.24) is 0 Å². The zero-order valence-corrected chi connectivity index (χ0v) is 15.6. The smallest absolute Gasteiger partial charge is 0.191 e. The molecule has 0 N–H and O–H groups in total. The number of rotatable bonds is 5. The molecule has 21 heavy (non-hydrogen) atoms. The number of hydrogen-bond donors (Lipinski definition) is 0. The molecule has 0 fully saturated rings. The van der Waals surface area contributed by atoms with E-state index in [1.54, 1.807) is 0 Å². The second kappa shape index (κ2) is 6.33.